The summed E-state index contributed by atoms with van der Waals surface area (Å²) in [5.41, 5.74) is 0.607. The molecule has 14 heavy (non-hydrogen) atoms. The molecule has 2 N–H and O–H groups in total. The number of aliphatic hydroxyl groups excluding tert-OH is 1. The molecular weight excluding hydrogens is 184 g/mol. The zero-order valence-corrected chi connectivity index (χ0v) is 7.86. The number of hydrogen-bond donors (Lipinski definition) is 2. The van der Waals surface area contributed by atoms with E-state index in [1.54, 1.807) is 12.1 Å². The molecule has 76 valence electrons. The summed E-state index contributed by atoms with van der Waals surface area (Å²) in [6.07, 6.45) is 1.62. The molecule has 0 fully saturated rings. The summed E-state index contributed by atoms with van der Waals surface area (Å²) in [6.45, 7) is -0.159. The maximum atomic E-state index is 11.1. The smallest absolute Gasteiger partial charge is 0.226 e. The molecule has 0 radical (unpaired) electrons. The molecular formula is C9H12N2O3. The largest absolute Gasteiger partial charge is 0.481 e. The van der Waals surface area contributed by atoms with Gasteiger partial charge in [-0.2, -0.15) is 0 Å². The lowest BCUT2D eigenvalue weighted by atomic mass is 10.3. The zero-order chi connectivity index (χ0) is 10.4. The Balaban J connectivity index is 2.62. The summed E-state index contributed by atoms with van der Waals surface area (Å²) in [6, 6.07) is 3.26. The third kappa shape index (κ3) is 3.02. The number of pyridine rings is 1. The number of hydrogen-bond acceptors (Lipinski definition) is 4. The molecule has 1 heterocycles. The lowest BCUT2D eigenvalue weighted by molar-refractivity contribution is -0.116. The Morgan fingerprint density at radius 1 is 1.71 bits per heavy atom. The first-order valence-electron chi connectivity index (χ1n) is 4.17. The molecule has 0 spiro atoms. The highest BCUT2D eigenvalue weighted by molar-refractivity contribution is 5.90. The molecule has 5 heteroatoms. The Bertz CT molecular complexity index is 315. The highest BCUT2D eigenvalue weighted by Gasteiger charge is 2.02. The first kappa shape index (κ1) is 10.5. The minimum absolute atomic E-state index is 0.0879. The molecule has 5 nitrogen and oxygen atoms in total. The van der Waals surface area contributed by atoms with Gasteiger partial charge in [-0.25, -0.2) is 4.98 Å². The van der Waals surface area contributed by atoms with Crippen LogP contribution in [-0.4, -0.2) is 29.7 Å². The molecule has 0 aromatic carbocycles. The number of nitrogens with one attached hydrogen (secondary N) is 1. The molecule has 1 amide bonds. The van der Waals surface area contributed by atoms with Crippen molar-refractivity contribution in [2.24, 2.45) is 0 Å². The van der Waals surface area contributed by atoms with Crippen molar-refractivity contribution in [2.75, 3.05) is 19.0 Å². The highest BCUT2D eigenvalue weighted by Crippen LogP contribution is 2.13. The summed E-state index contributed by atoms with van der Waals surface area (Å²) in [7, 11) is 1.50. The number of carbonyl (C=O) groups excluding carboxylic acids is 1. The Morgan fingerprint density at radius 2 is 2.50 bits per heavy atom. The summed E-state index contributed by atoms with van der Waals surface area (Å²) in [5.74, 6) is 0.201. The van der Waals surface area contributed by atoms with E-state index in [4.69, 9.17) is 9.84 Å². The van der Waals surface area contributed by atoms with E-state index in [2.05, 4.69) is 10.3 Å². The highest BCUT2D eigenvalue weighted by atomic mass is 16.5. The fraction of sp³-hybridized carbons (Fsp3) is 0.333. The van der Waals surface area contributed by atoms with E-state index >= 15 is 0 Å². The van der Waals surface area contributed by atoms with Gasteiger partial charge in [0.05, 0.1) is 20.1 Å². The Morgan fingerprint density at radius 3 is 3.14 bits per heavy atom. The molecule has 0 aliphatic heterocycles. The number of ether oxygens (including phenoxy) is 1. The van der Waals surface area contributed by atoms with Crippen LogP contribution in [0.15, 0.2) is 18.3 Å². The van der Waals surface area contributed by atoms with E-state index in [1.807, 2.05) is 0 Å². The van der Waals surface area contributed by atoms with Gasteiger partial charge in [0, 0.05) is 18.0 Å². The van der Waals surface area contributed by atoms with Crippen molar-refractivity contribution in [3.8, 4) is 5.88 Å². The van der Waals surface area contributed by atoms with Gasteiger partial charge in [0.15, 0.2) is 0 Å². The molecule has 0 saturated heterocycles. The van der Waals surface area contributed by atoms with Gasteiger partial charge in [0.2, 0.25) is 11.8 Å². The third-order valence-electron chi connectivity index (χ3n) is 1.57. The summed E-state index contributed by atoms with van der Waals surface area (Å²) in [5, 5.41) is 11.1. The van der Waals surface area contributed by atoms with Crippen molar-refractivity contribution in [3.05, 3.63) is 18.3 Å². The molecule has 1 aromatic rings. The zero-order valence-electron chi connectivity index (χ0n) is 7.86. The number of aliphatic hydroxyl groups is 1. The van der Waals surface area contributed by atoms with Crippen LogP contribution in [0.5, 0.6) is 5.88 Å². The fourth-order valence-corrected chi connectivity index (χ4v) is 0.924. The average Bonchev–Trinajstić information content (AvgIpc) is 2.18. The molecule has 0 atom stereocenters. The van der Waals surface area contributed by atoms with Crippen molar-refractivity contribution < 1.29 is 14.6 Å². The topological polar surface area (TPSA) is 71.5 Å². The van der Waals surface area contributed by atoms with Crippen LogP contribution in [0.3, 0.4) is 0 Å². The second-order valence-corrected chi connectivity index (χ2v) is 2.61. The molecule has 1 rings (SSSR count). The summed E-state index contributed by atoms with van der Waals surface area (Å²) in [4.78, 5) is 15.0. The van der Waals surface area contributed by atoms with Gasteiger partial charge in [-0.15, -0.1) is 0 Å². The van der Waals surface area contributed by atoms with Crippen molar-refractivity contribution in [2.45, 2.75) is 6.42 Å². The van der Waals surface area contributed by atoms with Gasteiger partial charge in [-0.05, 0) is 6.07 Å². The molecule has 0 aliphatic carbocycles. The van der Waals surface area contributed by atoms with E-state index in [1.165, 1.54) is 13.3 Å². The number of amides is 1. The third-order valence-corrected chi connectivity index (χ3v) is 1.57. The van der Waals surface area contributed by atoms with E-state index in [0.717, 1.165) is 0 Å². The van der Waals surface area contributed by atoms with Gasteiger partial charge in [0.1, 0.15) is 0 Å². The van der Waals surface area contributed by atoms with Crippen LogP contribution in [0.4, 0.5) is 5.69 Å². The van der Waals surface area contributed by atoms with Gasteiger partial charge in [0.25, 0.3) is 0 Å². The maximum Gasteiger partial charge on any atom is 0.226 e. The number of methoxy groups -OCH3 is 1. The van der Waals surface area contributed by atoms with E-state index in [-0.39, 0.29) is 18.9 Å². The molecule has 0 unspecified atom stereocenters. The number of carbonyl (C=O) groups is 1. The number of aromatic nitrogens is 1. The van der Waals surface area contributed by atoms with Crippen molar-refractivity contribution >= 4 is 11.6 Å². The maximum absolute atomic E-state index is 11.1. The van der Waals surface area contributed by atoms with Crippen molar-refractivity contribution in [3.63, 3.8) is 0 Å². The van der Waals surface area contributed by atoms with Crippen LogP contribution in [-0.2, 0) is 4.79 Å². The summed E-state index contributed by atoms with van der Waals surface area (Å²) < 4.78 is 4.88. The first-order chi connectivity index (χ1) is 6.76. The van der Waals surface area contributed by atoms with E-state index in [0.29, 0.717) is 11.6 Å². The predicted octanol–water partition coefficient (Wildman–Crippen LogP) is 0.411. The number of anilines is 1. The normalized spacial score (nSPS) is 9.57. The Labute approximate surface area is 81.7 Å². The van der Waals surface area contributed by atoms with Gasteiger partial charge in [-0.1, -0.05) is 0 Å². The van der Waals surface area contributed by atoms with Crippen LogP contribution in [0.2, 0.25) is 0 Å². The van der Waals surface area contributed by atoms with Gasteiger partial charge < -0.3 is 15.2 Å². The van der Waals surface area contributed by atoms with Crippen molar-refractivity contribution in [1.82, 2.24) is 4.98 Å². The van der Waals surface area contributed by atoms with Crippen LogP contribution in [0.25, 0.3) is 0 Å². The molecule has 1 aromatic heterocycles. The van der Waals surface area contributed by atoms with E-state index in [9.17, 15) is 4.79 Å². The number of nitrogens with zero attached hydrogens (tertiary/aromatic N) is 1. The minimum atomic E-state index is -0.235. The lowest BCUT2D eigenvalue weighted by Gasteiger charge is -2.04. The molecule has 0 aliphatic rings. The second-order valence-electron chi connectivity index (χ2n) is 2.61. The standard InChI is InChI=1S/C9H12N2O3/c1-14-9-6-7(2-4-10-9)11-8(13)3-5-12/h2,4,6,12H,3,5H2,1H3,(H,10,11,13). The van der Waals surface area contributed by atoms with Gasteiger partial charge >= 0.3 is 0 Å². The lowest BCUT2D eigenvalue weighted by Crippen LogP contribution is -2.12. The van der Waals surface area contributed by atoms with E-state index < -0.39 is 0 Å². The first-order valence-corrected chi connectivity index (χ1v) is 4.17. The molecule has 0 bridgehead atoms. The van der Waals surface area contributed by atoms with Gasteiger partial charge in [-0.3, -0.25) is 4.79 Å². The fourth-order valence-electron chi connectivity index (χ4n) is 0.924. The Hall–Kier alpha value is -1.62. The van der Waals surface area contributed by atoms with Crippen LogP contribution in [0.1, 0.15) is 6.42 Å². The quantitative estimate of drug-likeness (QED) is 0.731. The minimum Gasteiger partial charge on any atom is -0.481 e. The number of rotatable bonds is 4. The Kier molecular flexibility index (Phi) is 3.87. The average molecular weight is 196 g/mol. The monoisotopic (exact) mass is 196 g/mol. The van der Waals surface area contributed by atoms with Crippen LogP contribution >= 0.6 is 0 Å². The predicted molar refractivity (Wildman–Crippen MR) is 51.1 cm³/mol. The summed E-state index contributed by atoms with van der Waals surface area (Å²) >= 11 is 0. The SMILES string of the molecule is COc1cc(NC(=O)CCO)ccn1. The van der Waals surface area contributed by atoms with Crippen molar-refractivity contribution in [1.29, 1.82) is 0 Å². The molecule has 0 saturated carbocycles. The van der Waals surface area contributed by atoms with Crippen LogP contribution < -0.4 is 10.1 Å². The second kappa shape index (κ2) is 5.18. The van der Waals surface area contributed by atoms with Crippen LogP contribution in [0, 0.1) is 0 Å².